The minimum Gasteiger partial charge on any atom is -0.380 e. The number of sulfonamides is 1. The monoisotopic (exact) mass is 393 g/mol. The smallest absolute Gasteiger partial charge is 0.272 e. The first-order valence-corrected chi connectivity index (χ1v) is 10.1. The highest BCUT2D eigenvalue weighted by Gasteiger charge is 2.17. The first-order valence-electron chi connectivity index (χ1n) is 7.46. The second-order valence-electron chi connectivity index (χ2n) is 5.44. The van der Waals surface area contributed by atoms with Crippen molar-refractivity contribution < 1.29 is 8.42 Å². The lowest BCUT2D eigenvalue weighted by Gasteiger charge is -2.09. The molecule has 0 aliphatic heterocycles. The molecule has 0 unspecified atom stereocenters. The SMILES string of the molecule is Cc1cccc(CNc2ccc(NS(=O)(=O)c3ccc(Cl)s3)nc2)c1. The van der Waals surface area contributed by atoms with Crippen LogP contribution in [0, 0.1) is 6.92 Å². The Labute approximate surface area is 155 Å². The van der Waals surface area contributed by atoms with Crippen LogP contribution in [0.5, 0.6) is 0 Å². The van der Waals surface area contributed by atoms with Crippen LogP contribution in [-0.2, 0) is 16.6 Å². The van der Waals surface area contributed by atoms with Gasteiger partial charge in [0.25, 0.3) is 10.0 Å². The quantitative estimate of drug-likeness (QED) is 0.646. The fourth-order valence-electron chi connectivity index (χ4n) is 2.22. The largest absolute Gasteiger partial charge is 0.380 e. The molecule has 2 heterocycles. The number of nitrogens with one attached hydrogen (secondary N) is 2. The molecule has 130 valence electrons. The summed E-state index contributed by atoms with van der Waals surface area (Å²) < 4.78 is 27.5. The topological polar surface area (TPSA) is 71.1 Å². The summed E-state index contributed by atoms with van der Waals surface area (Å²) in [6, 6.07) is 14.6. The van der Waals surface area contributed by atoms with Gasteiger partial charge in [0, 0.05) is 6.54 Å². The summed E-state index contributed by atoms with van der Waals surface area (Å²) in [6.07, 6.45) is 1.59. The van der Waals surface area contributed by atoms with Gasteiger partial charge < -0.3 is 5.32 Å². The highest BCUT2D eigenvalue weighted by molar-refractivity contribution is 7.94. The lowest BCUT2D eigenvalue weighted by Crippen LogP contribution is -2.12. The molecule has 3 rings (SSSR count). The van der Waals surface area contributed by atoms with Gasteiger partial charge in [0.1, 0.15) is 10.0 Å². The van der Waals surface area contributed by atoms with Crippen LogP contribution in [0.1, 0.15) is 11.1 Å². The van der Waals surface area contributed by atoms with Gasteiger partial charge in [0.15, 0.2) is 0 Å². The van der Waals surface area contributed by atoms with Crippen LogP contribution in [0.2, 0.25) is 4.34 Å². The van der Waals surface area contributed by atoms with Gasteiger partial charge in [-0.3, -0.25) is 4.72 Å². The van der Waals surface area contributed by atoms with E-state index in [2.05, 4.69) is 21.1 Å². The maximum Gasteiger partial charge on any atom is 0.272 e. The first-order chi connectivity index (χ1) is 11.9. The van der Waals surface area contributed by atoms with Crippen molar-refractivity contribution in [1.82, 2.24) is 4.98 Å². The highest BCUT2D eigenvalue weighted by Crippen LogP contribution is 2.27. The molecular weight excluding hydrogens is 378 g/mol. The summed E-state index contributed by atoms with van der Waals surface area (Å²) in [7, 11) is -3.66. The predicted octanol–water partition coefficient (Wildman–Crippen LogP) is 4.52. The maximum atomic E-state index is 12.2. The third kappa shape index (κ3) is 4.72. The number of pyridine rings is 1. The molecule has 0 aliphatic rings. The molecule has 0 fully saturated rings. The number of rotatable bonds is 6. The van der Waals surface area contributed by atoms with E-state index in [4.69, 9.17) is 11.6 Å². The van der Waals surface area contributed by atoms with Gasteiger partial charge in [-0.25, -0.2) is 13.4 Å². The molecule has 2 aromatic heterocycles. The van der Waals surface area contributed by atoms with Gasteiger partial charge in [-0.1, -0.05) is 41.4 Å². The molecule has 3 aromatic rings. The van der Waals surface area contributed by atoms with E-state index in [1.807, 2.05) is 25.1 Å². The Morgan fingerprint density at radius 1 is 1.16 bits per heavy atom. The second-order valence-corrected chi connectivity index (χ2v) is 9.06. The molecule has 0 saturated heterocycles. The number of nitrogens with zero attached hydrogens (tertiary/aromatic N) is 1. The van der Waals surface area contributed by atoms with Crippen LogP contribution in [-0.4, -0.2) is 13.4 Å². The van der Waals surface area contributed by atoms with Gasteiger partial charge in [-0.15, -0.1) is 11.3 Å². The van der Waals surface area contributed by atoms with Crippen LogP contribution in [0.4, 0.5) is 11.5 Å². The van der Waals surface area contributed by atoms with E-state index in [0.29, 0.717) is 10.9 Å². The molecule has 0 amide bonds. The van der Waals surface area contributed by atoms with Crippen molar-refractivity contribution in [2.45, 2.75) is 17.7 Å². The summed E-state index contributed by atoms with van der Waals surface area (Å²) in [4.78, 5) is 4.14. The third-order valence-corrected chi connectivity index (χ3v) is 6.47. The van der Waals surface area contributed by atoms with E-state index in [1.165, 1.54) is 17.2 Å². The molecule has 0 aliphatic carbocycles. The molecule has 8 heteroatoms. The zero-order valence-electron chi connectivity index (χ0n) is 13.4. The average molecular weight is 394 g/mol. The maximum absolute atomic E-state index is 12.2. The van der Waals surface area contributed by atoms with E-state index in [9.17, 15) is 8.42 Å². The molecular formula is C17H16ClN3O2S2. The number of hydrogen-bond acceptors (Lipinski definition) is 5. The summed E-state index contributed by atoms with van der Waals surface area (Å²) >= 11 is 6.79. The molecule has 2 N–H and O–H groups in total. The molecule has 0 saturated carbocycles. The van der Waals surface area contributed by atoms with Crippen LogP contribution >= 0.6 is 22.9 Å². The minimum atomic E-state index is -3.66. The first kappa shape index (κ1) is 17.7. The van der Waals surface area contributed by atoms with Crippen molar-refractivity contribution in [3.05, 3.63) is 70.2 Å². The van der Waals surface area contributed by atoms with Crippen molar-refractivity contribution in [2.24, 2.45) is 0 Å². The number of anilines is 2. The second kappa shape index (κ2) is 7.43. The molecule has 25 heavy (non-hydrogen) atoms. The predicted molar refractivity (Wildman–Crippen MR) is 103 cm³/mol. The lowest BCUT2D eigenvalue weighted by atomic mass is 10.1. The number of halogens is 1. The van der Waals surface area contributed by atoms with Crippen LogP contribution in [0.3, 0.4) is 0 Å². The van der Waals surface area contributed by atoms with Crippen molar-refractivity contribution >= 4 is 44.5 Å². The fourth-order valence-corrected chi connectivity index (χ4v) is 4.71. The van der Waals surface area contributed by atoms with Crippen molar-refractivity contribution in [1.29, 1.82) is 0 Å². The molecule has 0 atom stereocenters. The summed E-state index contributed by atoms with van der Waals surface area (Å²) in [5.41, 5.74) is 3.18. The standard InChI is InChI=1S/C17H16ClN3O2S2/c1-12-3-2-4-13(9-12)10-19-14-5-7-16(20-11-14)21-25(22,23)17-8-6-15(18)24-17/h2-9,11,19H,10H2,1H3,(H,20,21). The lowest BCUT2D eigenvalue weighted by molar-refractivity contribution is 0.603. The molecule has 5 nitrogen and oxygen atoms in total. The fraction of sp³-hybridized carbons (Fsp3) is 0.118. The van der Waals surface area contributed by atoms with Gasteiger partial charge >= 0.3 is 0 Å². The molecule has 0 spiro atoms. The Bertz CT molecular complexity index is 970. The number of benzene rings is 1. The Balaban J connectivity index is 1.64. The zero-order valence-corrected chi connectivity index (χ0v) is 15.8. The number of hydrogen-bond donors (Lipinski definition) is 2. The summed E-state index contributed by atoms with van der Waals surface area (Å²) in [5.74, 6) is 0.255. The summed E-state index contributed by atoms with van der Waals surface area (Å²) in [6.45, 7) is 2.72. The van der Waals surface area contributed by atoms with E-state index in [1.54, 1.807) is 24.4 Å². The molecule has 0 bridgehead atoms. The van der Waals surface area contributed by atoms with E-state index >= 15 is 0 Å². The number of aryl methyl sites for hydroxylation is 1. The number of aromatic nitrogens is 1. The molecule has 0 radical (unpaired) electrons. The number of thiophene rings is 1. The van der Waals surface area contributed by atoms with Crippen LogP contribution in [0.25, 0.3) is 0 Å². The highest BCUT2D eigenvalue weighted by atomic mass is 35.5. The Kier molecular flexibility index (Phi) is 5.27. The van der Waals surface area contributed by atoms with Crippen LogP contribution in [0.15, 0.2) is 58.9 Å². The third-order valence-electron chi connectivity index (χ3n) is 3.39. The van der Waals surface area contributed by atoms with Crippen molar-refractivity contribution in [3.8, 4) is 0 Å². The van der Waals surface area contributed by atoms with Gasteiger partial charge in [-0.2, -0.15) is 0 Å². The van der Waals surface area contributed by atoms with Gasteiger partial charge in [-0.05, 0) is 36.8 Å². The van der Waals surface area contributed by atoms with Crippen molar-refractivity contribution in [2.75, 3.05) is 10.0 Å². The van der Waals surface area contributed by atoms with Crippen LogP contribution < -0.4 is 10.0 Å². The minimum absolute atomic E-state index is 0.154. The Morgan fingerprint density at radius 2 is 2.00 bits per heavy atom. The summed E-state index contributed by atoms with van der Waals surface area (Å²) in [5, 5.41) is 3.26. The molecule has 1 aromatic carbocycles. The van der Waals surface area contributed by atoms with Crippen molar-refractivity contribution in [3.63, 3.8) is 0 Å². The Hall–Kier alpha value is -2.09. The normalized spacial score (nSPS) is 11.3. The van der Waals surface area contributed by atoms with E-state index < -0.39 is 10.0 Å². The van der Waals surface area contributed by atoms with E-state index in [0.717, 1.165) is 17.0 Å². The Morgan fingerprint density at radius 3 is 2.64 bits per heavy atom. The zero-order chi connectivity index (χ0) is 17.9. The average Bonchev–Trinajstić information content (AvgIpc) is 3.02. The van der Waals surface area contributed by atoms with Gasteiger partial charge in [0.2, 0.25) is 0 Å². The van der Waals surface area contributed by atoms with E-state index in [-0.39, 0.29) is 10.0 Å². The van der Waals surface area contributed by atoms with Gasteiger partial charge in [0.05, 0.1) is 16.2 Å².